The van der Waals surface area contributed by atoms with Crippen molar-refractivity contribution in [2.75, 3.05) is 51.3 Å². The van der Waals surface area contributed by atoms with E-state index in [1.165, 1.54) is 4.90 Å². The topological polar surface area (TPSA) is 64.0 Å². The van der Waals surface area contributed by atoms with Crippen LogP contribution in [0.5, 0.6) is 0 Å². The first kappa shape index (κ1) is 17.7. The first-order valence-electron chi connectivity index (χ1n) is 7.92. The zero-order valence-electron chi connectivity index (χ0n) is 13.4. The predicted molar refractivity (Wildman–Crippen MR) is 93.0 cm³/mol. The molecule has 1 heterocycles. The number of carbonyl (C=O) groups is 1. The lowest BCUT2D eigenvalue weighted by atomic mass is 10.2. The van der Waals surface area contributed by atoms with E-state index in [9.17, 15) is 4.79 Å². The SMILES string of the molecule is CCOC(=O)c1ccc(NC(=S)NCC[NH+]2CCOCC2)cc1. The largest absolute Gasteiger partial charge is 0.462 e. The highest BCUT2D eigenvalue weighted by atomic mass is 32.1. The summed E-state index contributed by atoms with van der Waals surface area (Å²) in [7, 11) is 0. The van der Waals surface area contributed by atoms with Crippen LogP contribution in [0, 0.1) is 0 Å². The summed E-state index contributed by atoms with van der Waals surface area (Å²) in [6, 6.07) is 7.07. The number of esters is 1. The van der Waals surface area contributed by atoms with Gasteiger partial charge >= 0.3 is 5.97 Å². The Labute approximate surface area is 142 Å². The molecule has 0 aromatic heterocycles. The van der Waals surface area contributed by atoms with Crippen molar-refractivity contribution in [3.63, 3.8) is 0 Å². The Bertz CT molecular complexity index is 516. The number of thiocarbonyl (C=S) groups is 1. The average Bonchev–Trinajstić information content (AvgIpc) is 2.57. The molecule has 0 unspecified atom stereocenters. The van der Waals surface area contributed by atoms with Crippen LogP contribution >= 0.6 is 12.2 Å². The Morgan fingerprint density at radius 3 is 2.65 bits per heavy atom. The van der Waals surface area contributed by atoms with Gasteiger partial charge in [0.25, 0.3) is 0 Å². The Morgan fingerprint density at radius 2 is 2.00 bits per heavy atom. The lowest BCUT2D eigenvalue weighted by Crippen LogP contribution is -3.14. The van der Waals surface area contributed by atoms with Crippen LogP contribution in [0.25, 0.3) is 0 Å². The molecule has 1 aliphatic heterocycles. The van der Waals surface area contributed by atoms with Crippen LogP contribution in [0.1, 0.15) is 17.3 Å². The molecule has 0 atom stereocenters. The highest BCUT2D eigenvalue weighted by Crippen LogP contribution is 2.10. The first-order valence-corrected chi connectivity index (χ1v) is 8.33. The van der Waals surface area contributed by atoms with Crippen LogP contribution in [0.4, 0.5) is 5.69 Å². The zero-order valence-corrected chi connectivity index (χ0v) is 14.2. The number of benzene rings is 1. The maximum absolute atomic E-state index is 11.6. The van der Waals surface area contributed by atoms with Crippen molar-refractivity contribution in [3.8, 4) is 0 Å². The van der Waals surface area contributed by atoms with Gasteiger partial charge in [-0.15, -0.1) is 0 Å². The second kappa shape index (κ2) is 9.44. The standard InChI is InChI=1S/C16H23N3O3S/c1-2-22-15(20)13-3-5-14(6-4-13)18-16(23)17-7-8-19-9-11-21-12-10-19/h3-6H,2,7-12H2,1H3,(H2,17,18,23)/p+1. The number of rotatable bonds is 6. The van der Waals surface area contributed by atoms with Gasteiger partial charge in [0.2, 0.25) is 0 Å². The highest BCUT2D eigenvalue weighted by molar-refractivity contribution is 7.80. The molecule has 0 saturated carbocycles. The molecule has 0 aliphatic carbocycles. The summed E-state index contributed by atoms with van der Waals surface area (Å²) in [5.74, 6) is -0.312. The summed E-state index contributed by atoms with van der Waals surface area (Å²) >= 11 is 5.28. The van der Waals surface area contributed by atoms with Crippen molar-refractivity contribution < 1.29 is 19.2 Å². The van der Waals surface area contributed by atoms with Crippen LogP contribution in [-0.2, 0) is 9.47 Å². The number of ether oxygens (including phenoxy) is 2. The van der Waals surface area contributed by atoms with E-state index in [2.05, 4.69) is 10.6 Å². The molecule has 1 fully saturated rings. The molecule has 3 N–H and O–H groups in total. The molecule has 1 aromatic rings. The van der Waals surface area contributed by atoms with Gasteiger partial charge < -0.3 is 25.0 Å². The van der Waals surface area contributed by atoms with E-state index in [0.29, 0.717) is 17.3 Å². The van der Waals surface area contributed by atoms with Gasteiger partial charge in [-0.25, -0.2) is 4.79 Å². The molecule has 0 spiro atoms. The van der Waals surface area contributed by atoms with Crippen LogP contribution < -0.4 is 15.5 Å². The number of hydrogen-bond donors (Lipinski definition) is 3. The zero-order chi connectivity index (χ0) is 16.5. The number of quaternary nitrogens is 1. The molecular weight excluding hydrogens is 314 g/mol. The van der Waals surface area contributed by atoms with E-state index in [-0.39, 0.29) is 5.97 Å². The van der Waals surface area contributed by atoms with Gasteiger partial charge in [0.15, 0.2) is 5.11 Å². The van der Waals surface area contributed by atoms with Gasteiger partial charge in [0.1, 0.15) is 13.1 Å². The van der Waals surface area contributed by atoms with E-state index in [4.69, 9.17) is 21.7 Å². The number of nitrogens with one attached hydrogen (secondary N) is 3. The molecule has 0 bridgehead atoms. The minimum absolute atomic E-state index is 0.312. The van der Waals surface area contributed by atoms with Crippen molar-refractivity contribution >= 4 is 29.0 Å². The third-order valence-electron chi connectivity index (χ3n) is 3.62. The molecule has 1 aliphatic rings. The van der Waals surface area contributed by atoms with Crippen LogP contribution in [0.2, 0.25) is 0 Å². The fraction of sp³-hybridized carbons (Fsp3) is 0.500. The molecule has 2 rings (SSSR count). The van der Waals surface area contributed by atoms with Gasteiger partial charge in [-0.2, -0.15) is 0 Å². The van der Waals surface area contributed by atoms with Crippen molar-refractivity contribution in [3.05, 3.63) is 29.8 Å². The van der Waals surface area contributed by atoms with Gasteiger partial charge in [0, 0.05) is 5.69 Å². The maximum Gasteiger partial charge on any atom is 0.338 e. The third-order valence-corrected chi connectivity index (χ3v) is 3.86. The minimum atomic E-state index is -0.312. The summed E-state index contributed by atoms with van der Waals surface area (Å²) in [5, 5.41) is 6.90. The summed E-state index contributed by atoms with van der Waals surface area (Å²) < 4.78 is 10.3. The quantitative estimate of drug-likeness (QED) is 0.504. The van der Waals surface area contributed by atoms with E-state index in [1.54, 1.807) is 19.1 Å². The number of anilines is 1. The Kier molecular flexibility index (Phi) is 7.25. The minimum Gasteiger partial charge on any atom is -0.462 e. The fourth-order valence-corrected chi connectivity index (χ4v) is 2.56. The molecule has 0 radical (unpaired) electrons. The molecule has 1 saturated heterocycles. The third kappa shape index (κ3) is 6.13. The lowest BCUT2D eigenvalue weighted by molar-refractivity contribution is -0.906. The predicted octanol–water partition coefficient (Wildman–Crippen LogP) is 0.0648. The summed E-state index contributed by atoms with van der Waals surface area (Å²) in [5.41, 5.74) is 1.38. The van der Waals surface area contributed by atoms with E-state index in [0.717, 1.165) is 45.1 Å². The van der Waals surface area contributed by atoms with Gasteiger partial charge in [-0.3, -0.25) is 0 Å². The van der Waals surface area contributed by atoms with Crippen molar-refractivity contribution in [1.29, 1.82) is 0 Å². The second-order valence-corrected chi connectivity index (χ2v) is 5.70. The van der Waals surface area contributed by atoms with E-state index in [1.807, 2.05) is 12.1 Å². The Morgan fingerprint density at radius 1 is 1.30 bits per heavy atom. The molecule has 6 nitrogen and oxygen atoms in total. The molecule has 126 valence electrons. The summed E-state index contributed by atoms with van der Waals surface area (Å²) in [6.07, 6.45) is 0. The van der Waals surface area contributed by atoms with Crippen molar-refractivity contribution in [2.45, 2.75) is 6.92 Å². The molecule has 7 heteroatoms. The van der Waals surface area contributed by atoms with Gasteiger partial charge in [-0.05, 0) is 43.4 Å². The van der Waals surface area contributed by atoms with Gasteiger partial charge in [0.05, 0.1) is 38.5 Å². The van der Waals surface area contributed by atoms with E-state index < -0.39 is 0 Å². The molecule has 0 amide bonds. The van der Waals surface area contributed by atoms with Crippen LogP contribution in [0.15, 0.2) is 24.3 Å². The number of carbonyl (C=O) groups excluding carboxylic acids is 1. The fourth-order valence-electron chi connectivity index (χ4n) is 2.34. The second-order valence-electron chi connectivity index (χ2n) is 5.29. The van der Waals surface area contributed by atoms with Gasteiger partial charge in [-0.1, -0.05) is 0 Å². The molecular formula is C16H24N3O3S+. The Hall–Kier alpha value is -1.70. The highest BCUT2D eigenvalue weighted by Gasteiger charge is 2.13. The average molecular weight is 338 g/mol. The Balaban J connectivity index is 1.71. The van der Waals surface area contributed by atoms with Crippen LogP contribution in [-0.4, -0.2) is 57.1 Å². The number of morpholine rings is 1. The monoisotopic (exact) mass is 338 g/mol. The normalized spacial score (nSPS) is 15.0. The van der Waals surface area contributed by atoms with Crippen molar-refractivity contribution in [2.24, 2.45) is 0 Å². The maximum atomic E-state index is 11.6. The first-order chi connectivity index (χ1) is 11.2. The van der Waals surface area contributed by atoms with Crippen LogP contribution in [0.3, 0.4) is 0 Å². The van der Waals surface area contributed by atoms with E-state index >= 15 is 0 Å². The molecule has 1 aromatic carbocycles. The summed E-state index contributed by atoms with van der Waals surface area (Å²) in [4.78, 5) is 13.1. The smallest absolute Gasteiger partial charge is 0.338 e. The molecule has 23 heavy (non-hydrogen) atoms. The lowest BCUT2D eigenvalue weighted by Gasteiger charge is -2.24. The van der Waals surface area contributed by atoms with Crippen molar-refractivity contribution in [1.82, 2.24) is 5.32 Å². The summed E-state index contributed by atoms with van der Waals surface area (Å²) in [6.45, 7) is 7.79. The number of hydrogen-bond acceptors (Lipinski definition) is 4.